The average Bonchev–Trinajstić information content (AvgIpc) is 2.55. The van der Waals surface area contributed by atoms with Gasteiger partial charge in [0, 0.05) is 22.5 Å². The van der Waals surface area contributed by atoms with Crippen molar-refractivity contribution in [3.63, 3.8) is 0 Å². The Kier molecular flexibility index (Phi) is 4.39. The Morgan fingerprint density at radius 2 is 1.83 bits per heavy atom. The Bertz CT molecular complexity index is 849. The molecule has 0 bridgehead atoms. The van der Waals surface area contributed by atoms with E-state index >= 15 is 0 Å². The summed E-state index contributed by atoms with van der Waals surface area (Å²) in [7, 11) is 0. The van der Waals surface area contributed by atoms with Gasteiger partial charge in [0.05, 0.1) is 5.52 Å². The SMILES string of the molecule is CCNc1nc(NC(=O)c2ccc(Cl)cc2)nc2ccccc12. The van der Waals surface area contributed by atoms with Crippen LogP contribution in [0.25, 0.3) is 10.9 Å². The number of hydrogen-bond donors (Lipinski definition) is 2. The molecular formula is C17H15ClN4O. The van der Waals surface area contributed by atoms with Crippen LogP contribution in [0, 0.1) is 0 Å². The van der Waals surface area contributed by atoms with Gasteiger partial charge in [0.15, 0.2) is 0 Å². The van der Waals surface area contributed by atoms with Crippen LogP contribution < -0.4 is 10.6 Å². The van der Waals surface area contributed by atoms with E-state index in [4.69, 9.17) is 11.6 Å². The molecule has 0 unspecified atom stereocenters. The predicted octanol–water partition coefficient (Wildman–Crippen LogP) is 3.97. The second-order valence-corrected chi connectivity index (χ2v) is 5.34. The minimum Gasteiger partial charge on any atom is -0.370 e. The van der Waals surface area contributed by atoms with E-state index in [9.17, 15) is 4.79 Å². The number of fused-ring (bicyclic) bond motifs is 1. The summed E-state index contributed by atoms with van der Waals surface area (Å²) in [5, 5.41) is 7.41. The quantitative estimate of drug-likeness (QED) is 0.761. The van der Waals surface area contributed by atoms with Crippen LogP contribution in [0.1, 0.15) is 17.3 Å². The van der Waals surface area contributed by atoms with Crippen molar-refractivity contribution in [1.82, 2.24) is 9.97 Å². The van der Waals surface area contributed by atoms with Crippen LogP contribution in [0.4, 0.5) is 11.8 Å². The van der Waals surface area contributed by atoms with Crippen LogP contribution in [0.15, 0.2) is 48.5 Å². The second-order valence-electron chi connectivity index (χ2n) is 4.90. The number of anilines is 2. The van der Waals surface area contributed by atoms with E-state index in [-0.39, 0.29) is 11.9 Å². The number of benzene rings is 2. The standard InChI is InChI=1S/C17H15ClN4O/c1-2-19-15-13-5-3-4-6-14(13)20-17(21-15)22-16(23)11-7-9-12(18)10-8-11/h3-10H,2H2,1H3,(H2,19,20,21,22,23). The Hall–Kier alpha value is -2.66. The zero-order chi connectivity index (χ0) is 16.2. The molecule has 1 aromatic heterocycles. The first-order valence-electron chi connectivity index (χ1n) is 7.25. The summed E-state index contributed by atoms with van der Waals surface area (Å²) in [5.41, 5.74) is 1.26. The van der Waals surface area contributed by atoms with Crippen molar-refractivity contribution in [2.75, 3.05) is 17.2 Å². The number of para-hydroxylation sites is 1. The zero-order valence-corrected chi connectivity index (χ0v) is 13.3. The fourth-order valence-corrected chi connectivity index (χ4v) is 2.34. The summed E-state index contributed by atoms with van der Waals surface area (Å²) in [6.45, 7) is 2.72. The van der Waals surface area contributed by atoms with Gasteiger partial charge in [-0.2, -0.15) is 4.98 Å². The molecule has 2 aromatic carbocycles. The minimum absolute atomic E-state index is 0.264. The minimum atomic E-state index is -0.278. The van der Waals surface area contributed by atoms with Gasteiger partial charge in [0.25, 0.3) is 5.91 Å². The van der Waals surface area contributed by atoms with Gasteiger partial charge in [-0.25, -0.2) is 4.98 Å². The molecule has 2 N–H and O–H groups in total. The molecule has 1 heterocycles. The van der Waals surface area contributed by atoms with E-state index in [1.54, 1.807) is 24.3 Å². The first-order valence-corrected chi connectivity index (χ1v) is 7.62. The third-order valence-electron chi connectivity index (χ3n) is 3.28. The van der Waals surface area contributed by atoms with Crippen molar-refractivity contribution in [3.8, 4) is 0 Å². The molecule has 0 radical (unpaired) electrons. The van der Waals surface area contributed by atoms with Crippen molar-refractivity contribution >= 4 is 40.2 Å². The number of nitrogens with zero attached hydrogens (tertiary/aromatic N) is 2. The van der Waals surface area contributed by atoms with E-state index in [2.05, 4.69) is 20.6 Å². The molecular weight excluding hydrogens is 312 g/mol. The summed E-state index contributed by atoms with van der Waals surface area (Å²) < 4.78 is 0. The van der Waals surface area contributed by atoms with Gasteiger partial charge < -0.3 is 5.32 Å². The first-order chi connectivity index (χ1) is 11.2. The largest absolute Gasteiger partial charge is 0.370 e. The number of hydrogen-bond acceptors (Lipinski definition) is 4. The van der Waals surface area contributed by atoms with Gasteiger partial charge in [0.1, 0.15) is 5.82 Å². The second kappa shape index (κ2) is 6.62. The number of carbonyl (C=O) groups excluding carboxylic acids is 1. The lowest BCUT2D eigenvalue weighted by molar-refractivity contribution is 0.102. The number of aromatic nitrogens is 2. The van der Waals surface area contributed by atoms with Crippen LogP contribution in [0.3, 0.4) is 0 Å². The first kappa shape index (κ1) is 15.2. The molecule has 0 aliphatic carbocycles. The number of amides is 1. The molecule has 0 saturated heterocycles. The van der Waals surface area contributed by atoms with Crippen LogP contribution in [0.2, 0.25) is 5.02 Å². The summed E-state index contributed by atoms with van der Waals surface area (Å²) in [5.74, 6) is 0.684. The smallest absolute Gasteiger partial charge is 0.258 e. The van der Waals surface area contributed by atoms with Crippen molar-refractivity contribution in [3.05, 3.63) is 59.1 Å². The van der Waals surface area contributed by atoms with Gasteiger partial charge in [-0.15, -0.1) is 0 Å². The fraction of sp³-hybridized carbons (Fsp3) is 0.118. The van der Waals surface area contributed by atoms with Gasteiger partial charge in [0.2, 0.25) is 5.95 Å². The molecule has 0 atom stereocenters. The van der Waals surface area contributed by atoms with E-state index < -0.39 is 0 Å². The predicted molar refractivity (Wildman–Crippen MR) is 93.1 cm³/mol. The van der Waals surface area contributed by atoms with Gasteiger partial charge in [-0.1, -0.05) is 23.7 Å². The van der Waals surface area contributed by atoms with E-state index in [0.717, 1.165) is 17.4 Å². The maximum absolute atomic E-state index is 12.3. The Labute approximate surface area is 138 Å². The Morgan fingerprint density at radius 1 is 1.09 bits per heavy atom. The molecule has 0 aliphatic heterocycles. The van der Waals surface area contributed by atoms with Crippen LogP contribution in [-0.2, 0) is 0 Å². The maximum Gasteiger partial charge on any atom is 0.258 e. The summed E-state index contributed by atoms with van der Waals surface area (Å²) in [4.78, 5) is 21.1. The lowest BCUT2D eigenvalue weighted by atomic mass is 10.2. The monoisotopic (exact) mass is 326 g/mol. The van der Waals surface area contributed by atoms with E-state index in [1.165, 1.54) is 0 Å². The highest BCUT2D eigenvalue weighted by Crippen LogP contribution is 2.22. The van der Waals surface area contributed by atoms with Crippen LogP contribution in [-0.4, -0.2) is 22.4 Å². The molecule has 0 spiro atoms. The summed E-state index contributed by atoms with van der Waals surface area (Å²) in [6.07, 6.45) is 0. The summed E-state index contributed by atoms with van der Waals surface area (Å²) >= 11 is 5.83. The highest BCUT2D eigenvalue weighted by atomic mass is 35.5. The van der Waals surface area contributed by atoms with E-state index in [0.29, 0.717) is 16.4 Å². The molecule has 0 fully saturated rings. The van der Waals surface area contributed by atoms with Gasteiger partial charge in [-0.05, 0) is 43.3 Å². The fourth-order valence-electron chi connectivity index (χ4n) is 2.21. The third-order valence-corrected chi connectivity index (χ3v) is 3.53. The molecule has 3 aromatic rings. The van der Waals surface area contributed by atoms with Crippen molar-refractivity contribution in [1.29, 1.82) is 0 Å². The molecule has 23 heavy (non-hydrogen) atoms. The van der Waals surface area contributed by atoms with Crippen LogP contribution >= 0.6 is 11.6 Å². The van der Waals surface area contributed by atoms with E-state index in [1.807, 2.05) is 31.2 Å². The highest BCUT2D eigenvalue weighted by Gasteiger charge is 2.11. The van der Waals surface area contributed by atoms with Crippen molar-refractivity contribution in [2.24, 2.45) is 0 Å². The molecule has 116 valence electrons. The highest BCUT2D eigenvalue weighted by molar-refractivity contribution is 6.30. The number of halogens is 1. The average molecular weight is 327 g/mol. The molecule has 3 rings (SSSR count). The molecule has 1 amide bonds. The molecule has 6 heteroatoms. The van der Waals surface area contributed by atoms with Crippen molar-refractivity contribution < 1.29 is 4.79 Å². The Morgan fingerprint density at radius 3 is 2.57 bits per heavy atom. The molecule has 5 nitrogen and oxygen atoms in total. The van der Waals surface area contributed by atoms with Gasteiger partial charge in [-0.3, -0.25) is 10.1 Å². The number of nitrogens with one attached hydrogen (secondary N) is 2. The zero-order valence-electron chi connectivity index (χ0n) is 12.5. The maximum atomic E-state index is 12.3. The Balaban J connectivity index is 1.93. The van der Waals surface area contributed by atoms with Gasteiger partial charge >= 0.3 is 0 Å². The normalized spacial score (nSPS) is 10.5. The lowest BCUT2D eigenvalue weighted by Gasteiger charge is -2.10. The van der Waals surface area contributed by atoms with Crippen LogP contribution in [0.5, 0.6) is 0 Å². The molecule has 0 saturated carbocycles. The summed E-state index contributed by atoms with van der Waals surface area (Å²) in [6, 6.07) is 14.3. The number of rotatable bonds is 4. The number of carbonyl (C=O) groups is 1. The lowest BCUT2D eigenvalue weighted by Crippen LogP contribution is -2.15. The third kappa shape index (κ3) is 3.40. The van der Waals surface area contributed by atoms with Crippen molar-refractivity contribution in [2.45, 2.75) is 6.92 Å². The molecule has 0 aliphatic rings. The topological polar surface area (TPSA) is 66.9 Å².